The molecule has 0 radical (unpaired) electrons. The van der Waals surface area contributed by atoms with Gasteiger partial charge in [-0.25, -0.2) is 4.98 Å². The van der Waals surface area contributed by atoms with Crippen LogP contribution < -0.4 is 0 Å². The average Bonchev–Trinajstić information content (AvgIpc) is 2.89. The molecule has 0 aromatic carbocycles. The van der Waals surface area contributed by atoms with Gasteiger partial charge in [-0.05, 0) is 20.3 Å². The molecule has 1 fully saturated rings. The fourth-order valence-corrected chi connectivity index (χ4v) is 3.96. The first-order chi connectivity index (χ1) is 9.15. The molecule has 1 atom stereocenters. The van der Waals surface area contributed by atoms with Gasteiger partial charge in [0, 0.05) is 37.6 Å². The Labute approximate surface area is 125 Å². The molecule has 5 heteroatoms. The number of hydrogen-bond acceptors (Lipinski definition) is 4. The third-order valence-corrected chi connectivity index (χ3v) is 5.17. The maximum absolute atomic E-state index is 5.85. The number of rotatable bonds is 5. The second-order valence-electron chi connectivity index (χ2n) is 5.40. The Hall–Kier alpha value is -0.160. The number of thiazole rings is 1. The van der Waals surface area contributed by atoms with Crippen LogP contribution in [0.5, 0.6) is 0 Å². The summed E-state index contributed by atoms with van der Waals surface area (Å²) in [5.74, 6) is 0.522. The molecule has 1 aromatic heterocycles. The molecule has 1 aromatic rings. The molecule has 19 heavy (non-hydrogen) atoms. The number of alkyl halides is 1. The molecule has 1 aliphatic heterocycles. The lowest BCUT2D eigenvalue weighted by Crippen LogP contribution is -2.49. The maximum Gasteiger partial charge on any atom is 0.110 e. The minimum atomic E-state index is 0.469. The summed E-state index contributed by atoms with van der Waals surface area (Å²) in [4.78, 5) is 9.79. The van der Waals surface area contributed by atoms with E-state index in [1.54, 1.807) is 11.3 Å². The van der Waals surface area contributed by atoms with Gasteiger partial charge in [-0.3, -0.25) is 9.80 Å². The maximum atomic E-state index is 5.85. The Balaban J connectivity index is 1.99. The zero-order chi connectivity index (χ0) is 13.8. The lowest BCUT2D eigenvalue weighted by Gasteiger charge is -2.40. The standard InChI is InChI=1S/C14H24ClN3S/c1-4-13(14-16-12(9-15)10-19-14)18-7-5-17(6-8-18)11(2)3/h10-11,13H,4-9H2,1-3H3. The van der Waals surface area contributed by atoms with Crippen LogP contribution in [0, 0.1) is 0 Å². The summed E-state index contributed by atoms with van der Waals surface area (Å²) in [6.45, 7) is 11.4. The van der Waals surface area contributed by atoms with Gasteiger partial charge in [-0.1, -0.05) is 6.92 Å². The van der Waals surface area contributed by atoms with Gasteiger partial charge in [-0.15, -0.1) is 22.9 Å². The number of piperazine rings is 1. The van der Waals surface area contributed by atoms with Crippen LogP contribution in [-0.2, 0) is 5.88 Å². The van der Waals surface area contributed by atoms with Crippen molar-refractivity contribution in [1.29, 1.82) is 0 Å². The summed E-state index contributed by atoms with van der Waals surface area (Å²) < 4.78 is 0. The Morgan fingerprint density at radius 2 is 1.89 bits per heavy atom. The van der Waals surface area contributed by atoms with Crippen molar-refractivity contribution >= 4 is 22.9 Å². The summed E-state index contributed by atoms with van der Waals surface area (Å²) in [6, 6.07) is 1.13. The van der Waals surface area contributed by atoms with Crippen LogP contribution in [0.2, 0.25) is 0 Å². The molecule has 2 heterocycles. The van der Waals surface area contributed by atoms with Gasteiger partial charge in [0.2, 0.25) is 0 Å². The van der Waals surface area contributed by atoms with E-state index in [-0.39, 0.29) is 0 Å². The summed E-state index contributed by atoms with van der Waals surface area (Å²) in [6.07, 6.45) is 1.12. The van der Waals surface area contributed by atoms with Crippen molar-refractivity contribution in [2.45, 2.75) is 45.2 Å². The SMILES string of the molecule is CCC(c1nc(CCl)cs1)N1CCN(C(C)C)CC1. The Morgan fingerprint density at radius 3 is 2.37 bits per heavy atom. The first kappa shape index (κ1) is 15.2. The third kappa shape index (κ3) is 3.69. The van der Waals surface area contributed by atoms with E-state index in [0.29, 0.717) is 18.0 Å². The van der Waals surface area contributed by atoms with Crippen LogP contribution in [0.3, 0.4) is 0 Å². The predicted molar refractivity (Wildman–Crippen MR) is 83.0 cm³/mol. The fraction of sp³-hybridized carbons (Fsp3) is 0.786. The third-order valence-electron chi connectivity index (χ3n) is 3.90. The van der Waals surface area contributed by atoms with Crippen molar-refractivity contribution in [2.75, 3.05) is 26.2 Å². The monoisotopic (exact) mass is 301 g/mol. The molecule has 0 spiro atoms. The largest absolute Gasteiger partial charge is 0.298 e. The Kier molecular flexibility index (Phi) is 5.63. The molecular formula is C14H24ClN3S. The van der Waals surface area contributed by atoms with Gasteiger partial charge >= 0.3 is 0 Å². The van der Waals surface area contributed by atoms with E-state index >= 15 is 0 Å². The molecular weight excluding hydrogens is 278 g/mol. The average molecular weight is 302 g/mol. The molecule has 0 amide bonds. The first-order valence-electron chi connectivity index (χ1n) is 7.14. The topological polar surface area (TPSA) is 19.4 Å². The minimum absolute atomic E-state index is 0.469. The van der Waals surface area contributed by atoms with Crippen LogP contribution >= 0.6 is 22.9 Å². The number of aromatic nitrogens is 1. The second kappa shape index (κ2) is 7.02. The van der Waals surface area contributed by atoms with Crippen LogP contribution in [0.1, 0.15) is 43.9 Å². The van der Waals surface area contributed by atoms with E-state index < -0.39 is 0 Å². The van der Waals surface area contributed by atoms with E-state index in [0.717, 1.165) is 25.2 Å². The summed E-state index contributed by atoms with van der Waals surface area (Å²) in [7, 11) is 0. The van der Waals surface area contributed by atoms with Gasteiger partial charge in [0.1, 0.15) is 5.01 Å². The van der Waals surface area contributed by atoms with Gasteiger partial charge in [0.25, 0.3) is 0 Å². The second-order valence-corrected chi connectivity index (χ2v) is 6.56. The number of halogens is 1. The quantitative estimate of drug-likeness (QED) is 0.778. The summed E-state index contributed by atoms with van der Waals surface area (Å²) in [5, 5.41) is 3.33. The van der Waals surface area contributed by atoms with Crippen molar-refractivity contribution in [3.63, 3.8) is 0 Å². The Morgan fingerprint density at radius 1 is 1.26 bits per heavy atom. The minimum Gasteiger partial charge on any atom is -0.298 e. The van der Waals surface area contributed by atoms with Crippen molar-refractivity contribution in [2.24, 2.45) is 0 Å². The van der Waals surface area contributed by atoms with Gasteiger partial charge in [0.15, 0.2) is 0 Å². The predicted octanol–water partition coefficient (Wildman–Crippen LogP) is 3.36. The smallest absolute Gasteiger partial charge is 0.110 e. The van der Waals surface area contributed by atoms with E-state index in [1.807, 2.05) is 0 Å². The van der Waals surface area contributed by atoms with Crippen LogP contribution in [0.25, 0.3) is 0 Å². The molecule has 0 aliphatic carbocycles. The molecule has 0 bridgehead atoms. The molecule has 1 saturated heterocycles. The highest BCUT2D eigenvalue weighted by molar-refractivity contribution is 7.09. The highest BCUT2D eigenvalue weighted by Gasteiger charge is 2.26. The summed E-state index contributed by atoms with van der Waals surface area (Å²) in [5.41, 5.74) is 1.01. The number of nitrogens with zero attached hydrogens (tertiary/aromatic N) is 3. The van der Waals surface area contributed by atoms with Gasteiger partial charge < -0.3 is 0 Å². The van der Waals surface area contributed by atoms with Crippen LogP contribution in [-0.4, -0.2) is 47.0 Å². The fourth-order valence-electron chi connectivity index (χ4n) is 2.69. The molecule has 0 saturated carbocycles. The molecule has 3 nitrogen and oxygen atoms in total. The lowest BCUT2D eigenvalue weighted by molar-refractivity contribution is 0.0762. The van der Waals surface area contributed by atoms with Crippen molar-refractivity contribution in [3.05, 3.63) is 16.1 Å². The zero-order valence-corrected chi connectivity index (χ0v) is 13.7. The van der Waals surface area contributed by atoms with Crippen LogP contribution in [0.4, 0.5) is 0 Å². The molecule has 1 aliphatic rings. The molecule has 1 unspecified atom stereocenters. The Bertz CT molecular complexity index is 386. The van der Waals surface area contributed by atoms with E-state index in [4.69, 9.17) is 11.6 Å². The van der Waals surface area contributed by atoms with Crippen LogP contribution in [0.15, 0.2) is 5.38 Å². The van der Waals surface area contributed by atoms with Gasteiger partial charge in [-0.2, -0.15) is 0 Å². The highest BCUT2D eigenvalue weighted by Crippen LogP contribution is 2.28. The van der Waals surface area contributed by atoms with Crippen molar-refractivity contribution < 1.29 is 0 Å². The summed E-state index contributed by atoms with van der Waals surface area (Å²) >= 11 is 7.61. The molecule has 108 valence electrons. The molecule has 2 rings (SSSR count). The first-order valence-corrected chi connectivity index (χ1v) is 8.55. The lowest BCUT2D eigenvalue weighted by atomic mass is 10.1. The zero-order valence-electron chi connectivity index (χ0n) is 12.1. The number of hydrogen-bond donors (Lipinski definition) is 0. The molecule has 0 N–H and O–H groups in total. The van der Waals surface area contributed by atoms with E-state index in [1.165, 1.54) is 18.1 Å². The highest BCUT2D eigenvalue weighted by atomic mass is 35.5. The normalized spacial score (nSPS) is 20.1. The van der Waals surface area contributed by atoms with E-state index in [9.17, 15) is 0 Å². The van der Waals surface area contributed by atoms with Gasteiger partial charge in [0.05, 0.1) is 17.6 Å². The van der Waals surface area contributed by atoms with E-state index in [2.05, 4.69) is 40.9 Å². The van der Waals surface area contributed by atoms with Crippen molar-refractivity contribution in [3.8, 4) is 0 Å². The van der Waals surface area contributed by atoms with Crippen molar-refractivity contribution in [1.82, 2.24) is 14.8 Å².